The predicted molar refractivity (Wildman–Crippen MR) is 96.9 cm³/mol. The molecule has 25 heavy (non-hydrogen) atoms. The minimum absolute atomic E-state index is 0.204. The number of rotatable bonds is 3. The SMILES string of the molecule is COc1ccc2nc([C@H]3CCN(C4CCN(C(C)=O)CC4)C3)[nH]c2c1. The maximum Gasteiger partial charge on any atom is 0.219 e. The van der Waals surface area contributed by atoms with Gasteiger partial charge < -0.3 is 14.6 Å². The highest BCUT2D eigenvalue weighted by atomic mass is 16.5. The Kier molecular flexibility index (Phi) is 4.37. The first-order chi connectivity index (χ1) is 12.1. The summed E-state index contributed by atoms with van der Waals surface area (Å²) in [4.78, 5) is 24.3. The predicted octanol–water partition coefficient (Wildman–Crippen LogP) is 2.37. The standard InChI is InChI=1S/C19H26N4O2/c1-13(24)22-9-6-15(7-10-22)23-8-5-14(12-23)19-20-17-4-3-16(25-2)11-18(17)21-19/h3-4,11,14-15H,5-10,12H2,1-2H3,(H,20,21)/t14-/m0/s1. The van der Waals surface area contributed by atoms with Gasteiger partial charge in [-0.3, -0.25) is 9.69 Å². The number of nitrogens with zero attached hydrogens (tertiary/aromatic N) is 3. The van der Waals surface area contributed by atoms with E-state index in [2.05, 4.69) is 9.88 Å². The first-order valence-corrected chi connectivity index (χ1v) is 9.17. The Morgan fingerprint density at radius 1 is 1.24 bits per heavy atom. The number of carbonyl (C=O) groups is 1. The van der Waals surface area contributed by atoms with E-state index >= 15 is 0 Å². The number of imidazole rings is 1. The molecule has 1 amide bonds. The van der Waals surface area contributed by atoms with E-state index < -0.39 is 0 Å². The number of likely N-dealkylation sites (tertiary alicyclic amines) is 2. The average molecular weight is 342 g/mol. The first kappa shape index (κ1) is 16.4. The maximum atomic E-state index is 11.5. The maximum absolute atomic E-state index is 11.5. The number of nitrogens with one attached hydrogen (secondary N) is 1. The van der Waals surface area contributed by atoms with E-state index in [1.807, 2.05) is 23.1 Å². The van der Waals surface area contributed by atoms with Crippen LogP contribution in [-0.4, -0.2) is 65.0 Å². The number of methoxy groups -OCH3 is 1. The van der Waals surface area contributed by atoms with Gasteiger partial charge in [0.25, 0.3) is 0 Å². The molecule has 1 atom stereocenters. The smallest absolute Gasteiger partial charge is 0.219 e. The molecule has 1 N–H and O–H groups in total. The zero-order valence-corrected chi connectivity index (χ0v) is 15.0. The number of hydrogen-bond donors (Lipinski definition) is 1. The van der Waals surface area contributed by atoms with Crippen molar-refractivity contribution in [3.05, 3.63) is 24.0 Å². The molecule has 2 aliphatic rings. The summed E-state index contributed by atoms with van der Waals surface area (Å²) >= 11 is 0. The Morgan fingerprint density at radius 2 is 2.04 bits per heavy atom. The molecule has 1 aromatic carbocycles. The Labute approximate surface area is 148 Å². The third-order valence-corrected chi connectivity index (χ3v) is 5.74. The molecule has 2 fully saturated rings. The van der Waals surface area contributed by atoms with Gasteiger partial charge in [0.15, 0.2) is 0 Å². The number of hydrogen-bond acceptors (Lipinski definition) is 4. The van der Waals surface area contributed by atoms with E-state index in [0.29, 0.717) is 12.0 Å². The molecule has 0 radical (unpaired) electrons. The van der Waals surface area contributed by atoms with Crippen LogP contribution in [0.3, 0.4) is 0 Å². The summed E-state index contributed by atoms with van der Waals surface area (Å²) in [7, 11) is 1.69. The molecule has 0 saturated carbocycles. The second kappa shape index (κ2) is 6.67. The molecule has 134 valence electrons. The molecule has 0 spiro atoms. The van der Waals surface area contributed by atoms with Crippen molar-refractivity contribution in [3.63, 3.8) is 0 Å². The molecule has 6 nitrogen and oxygen atoms in total. The lowest BCUT2D eigenvalue weighted by atomic mass is 10.0. The van der Waals surface area contributed by atoms with E-state index in [9.17, 15) is 4.79 Å². The zero-order valence-electron chi connectivity index (χ0n) is 15.0. The summed E-state index contributed by atoms with van der Waals surface area (Å²) in [6, 6.07) is 6.58. The lowest BCUT2D eigenvalue weighted by Crippen LogP contribution is -2.45. The molecule has 0 aliphatic carbocycles. The minimum atomic E-state index is 0.204. The van der Waals surface area contributed by atoms with Crippen molar-refractivity contribution in [1.82, 2.24) is 19.8 Å². The van der Waals surface area contributed by atoms with Crippen molar-refractivity contribution in [3.8, 4) is 5.75 Å². The van der Waals surface area contributed by atoms with Crippen LogP contribution in [0.25, 0.3) is 11.0 Å². The summed E-state index contributed by atoms with van der Waals surface area (Å²) in [6.07, 6.45) is 3.32. The third-order valence-electron chi connectivity index (χ3n) is 5.74. The first-order valence-electron chi connectivity index (χ1n) is 9.17. The monoisotopic (exact) mass is 342 g/mol. The summed E-state index contributed by atoms with van der Waals surface area (Å²) in [6.45, 7) is 5.64. The number of amides is 1. The lowest BCUT2D eigenvalue weighted by molar-refractivity contribution is -0.130. The van der Waals surface area contributed by atoms with E-state index in [-0.39, 0.29) is 5.91 Å². The van der Waals surface area contributed by atoms with Gasteiger partial charge in [0.2, 0.25) is 5.91 Å². The van der Waals surface area contributed by atoms with Crippen LogP contribution < -0.4 is 4.74 Å². The fourth-order valence-electron chi connectivity index (χ4n) is 4.22. The van der Waals surface area contributed by atoms with Crippen LogP contribution in [-0.2, 0) is 4.79 Å². The van der Waals surface area contributed by atoms with Gasteiger partial charge in [0.1, 0.15) is 11.6 Å². The van der Waals surface area contributed by atoms with Crippen LogP contribution in [0, 0.1) is 0 Å². The molecule has 4 rings (SSSR count). The normalized spacial score (nSPS) is 22.6. The van der Waals surface area contributed by atoms with E-state index in [1.165, 1.54) is 0 Å². The number of piperidine rings is 1. The molecule has 2 saturated heterocycles. The van der Waals surface area contributed by atoms with Crippen molar-refractivity contribution in [1.29, 1.82) is 0 Å². The topological polar surface area (TPSA) is 61.5 Å². The summed E-state index contributed by atoms with van der Waals surface area (Å²) < 4.78 is 5.29. The van der Waals surface area contributed by atoms with Gasteiger partial charge >= 0.3 is 0 Å². The van der Waals surface area contributed by atoms with Crippen LogP contribution in [0.5, 0.6) is 5.75 Å². The summed E-state index contributed by atoms with van der Waals surface area (Å²) in [5, 5.41) is 0. The molecule has 0 unspecified atom stereocenters. The van der Waals surface area contributed by atoms with Crippen LogP contribution in [0.4, 0.5) is 0 Å². The van der Waals surface area contributed by atoms with Crippen molar-refractivity contribution in [2.45, 2.75) is 38.1 Å². The number of ether oxygens (including phenoxy) is 1. The Balaban J connectivity index is 1.41. The second-order valence-electron chi connectivity index (χ2n) is 7.22. The molecule has 2 aromatic rings. The molecule has 3 heterocycles. The molecule has 2 aliphatic heterocycles. The number of benzene rings is 1. The highest BCUT2D eigenvalue weighted by Gasteiger charge is 2.33. The number of aromatic nitrogens is 2. The lowest BCUT2D eigenvalue weighted by Gasteiger charge is -2.36. The Morgan fingerprint density at radius 3 is 2.76 bits per heavy atom. The van der Waals surface area contributed by atoms with Crippen LogP contribution in [0.1, 0.15) is 37.9 Å². The fourth-order valence-corrected chi connectivity index (χ4v) is 4.22. The van der Waals surface area contributed by atoms with Gasteiger partial charge in [0.05, 0.1) is 18.1 Å². The van der Waals surface area contributed by atoms with Gasteiger partial charge in [-0.05, 0) is 37.9 Å². The fraction of sp³-hybridized carbons (Fsp3) is 0.579. The van der Waals surface area contributed by atoms with Gasteiger partial charge in [-0.15, -0.1) is 0 Å². The average Bonchev–Trinajstić information content (AvgIpc) is 3.27. The van der Waals surface area contributed by atoms with Crippen molar-refractivity contribution in [2.75, 3.05) is 33.3 Å². The number of carbonyl (C=O) groups excluding carboxylic acids is 1. The van der Waals surface area contributed by atoms with Crippen molar-refractivity contribution >= 4 is 16.9 Å². The van der Waals surface area contributed by atoms with Crippen molar-refractivity contribution in [2.24, 2.45) is 0 Å². The van der Waals surface area contributed by atoms with Gasteiger partial charge in [-0.2, -0.15) is 0 Å². The molecular formula is C19H26N4O2. The van der Waals surface area contributed by atoms with E-state index in [1.54, 1.807) is 14.0 Å². The molecule has 6 heteroatoms. The molecular weight excluding hydrogens is 316 g/mol. The van der Waals surface area contributed by atoms with Gasteiger partial charge in [-0.25, -0.2) is 4.98 Å². The number of H-pyrrole nitrogens is 1. The van der Waals surface area contributed by atoms with E-state index in [0.717, 1.165) is 68.0 Å². The largest absolute Gasteiger partial charge is 0.497 e. The van der Waals surface area contributed by atoms with Crippen LogP contribution in [0.15, 0.2) is 18.2 Å². The number of fused-ring (bicyclic) bond motifs is 1. The third kappa shape index (κ3) is 3.23. The second-order valence-corrected chi connectivity index (χ2v) is 7.22. The number of aromatic amines is 1. The molecule has 0 bridgehead atoms. The highest BCUT2D eigenvalue weighted by molar-refractivity contribution is 5.77. The summed E-state index contributed by atoms with van der Waals surface area (Å²) in [5.41, 5.74) is 2.05. The molecule has 1 aromatic heterocycles. The summed E-state index contributed by atoms with van der Waals surface area (Å²) in [5.74, 6) is 2.61. The highest BCUT2D eigenvalue weighted by Crippen LogP contribution is 2.31. The van der Waals surface area contributed by atoms with E-state index in [4.69, 9.17) is 9.72 Å². The van der Waals surface area contributed by atoms with Gasteiger partial charge in [-0.1, -0.05) is 0 Å². The Hall–Kier alpha value is -2.08. The zero-order chi connectivity index (χ0) is 17.4. The van der Waals surface area contributed by atoms with Crippen LogP contribution >= 0.6 is 0 Å². The van der Waals surface area contributed by atoms with Crippen molar-refractivity contribution < 1.29 is 9.53 Å². The quantitative estimate of drug-likeness (QED) is 0.930. The Bertz CT molecular complexity index is 764. The van der Waals surface area contributed by atoms with Crippen LogP contribution in [0.2, 0.25) is 0 Å². The van der Waals surface area contributed by atoms with Gasteiger partial charge in [0, 0.05) is 44.6 Å². The minimum Gasteiger partial charge on any atom is -0.497 e.